The van der Waals surface area contributed by atoms with Crippen LogP contribution in [-0.4, -0.2) is 30.2 Å². The molecule has 0 aliphatic rings. The number of benzene rings is 1. The number of ether oxygens (including phenoxy) is 2. The number of nitrogens with zero attached hydrogens (tertiary/aromatic N) is 1. The van der Waals surface area contributed by atoms with E-state index in [4.69, 9.17) is 14.6 Å². The van der Waals surface area contributed by atoms with Crippen LogP contribution in [0.3, 0.4) is 0 Å². The van der Waals surface area contributed by atoms with Gasteiger partial charge in [0.2, 0.25) is 0 Å². The third kappa shape index (κ3) is 2.40. The second-order valence-corrected chi connectivity index (χ2v) is 3.96. The van der Waals surface area contributed by atoms with Crippen LogP contribution in [0.25, 0.3) is 0 Å². The number of aromatic carboxylic acids is 1. The van der Waals surface area contributed by atoms with Crippen LogP contribution < -0.4 is 9.47 Å². The second-order valence-electron chi connectivity index (χ2n) is 2.88. The maximum absolute atomic E-state index is 10.9. The molecular formula is C9H8INO6. The molecule has 1 aromatic carbocycles. The predicted octanol–water partition coefficient (Wildman–Crippen LogP) is 1.91. The van der Waals surface area contributed by atoms with Crippen LogP contribution in [0.1, 0.15) is 10.4 Å². The van der Waals surface area contributed by atoms with Gasteiger partial charge in [-0.25, -0.2) is 4.79 Å². The first-order valence-corrected chi connectivity index (χ1v) is 5.34. The van der Waals surface area contributed by atoms with Gasteiger partial charge in [0.25, 0.3) is 0 Å². The summed E-state index contributed by atoms with van der Waals surface area (Å²) in [4.78, 5) is 21.0. The number of nitro groups is 1. The molecule has 0 spiro atoms. The number of carboxylic acids is 1. The van der Waals surface area contributed by atoms with Crippen LogP contribution >= 0.6 is 22.6 Å². The number of methoxy groups -OCH3 is 2. The van der Waals surface area contributed by atoms with Crippen LogP contribution in [0, 0.1) is 13.7 Å². The molecule has 92 valence electrons. The summed E-state index contributed by atoms with van der Waals surface area (Å²) in [6.07, 6.45) is 0. The van der Waals surface area contributed by atoms with E-state index in [-0.39, 0.29) is 15.1 Å². The molecular weight excluding hydrogens is 345 g/mol. The van der Waals surface area contributed by atoms with Gasteiger partial charge in [-0.15, -0.1) is 0 Å². The van der Waals surface area contributed by atoms with Crippen LogP contribution in [0.15, 0.2) is 6.07 Å². The van der Waals surface area contributed by atoms with Crippen molar-refractivity contribution in [3.63, 3.8) is 0 Å². The number of rotatable bonds is 4. The molecule has 8 heteroatoms. The van der Waals surface area contributed by atoms with E-state index in [9.17, 15) is 14.9 Å². The molecule has 0 amide bonds. The highest BCUT2D eigenvalue weighted by molar-refractivity contribution is 14.1. The van der Waals surface area contributed by atoms with Gasteiger partial charge in [-0.1, -0.05) is 0 Å². The van der Waals surface area contributed by atoms with Crippen LogP contribution in [0.5, 0.6) is 11.5 Å². The van der Waals surface area contributed by atoms with E-state index in [1.165, 1.54) is 14.2 Å². The van der Waals surface area contributed by atoms with Crippen LogP contribution in [0.4, 0.5) is 5.69 Å². The molecule has 7 nitrogen and oxygen atoms in total. The average Bonchev–Trinajstić information content (AvgIpc) is 2.26. The maximum atomic E-state index is 10.9. The molecule has 0 aromatic heterocycles. The molecule has 1 rings (SSSR count). The number of nitro benzene ring substituents is 1. The molecule has 1 N–H and O–H groups in total. The fourth-order valence-electron chi connectivity index (χ4n) is 1.28. The largest absolute Gasteiger partial charge is 0.493 e. The first kappa shape index (κ1) is 13.5. The minimum absolute atomic E-state index is 0.0897. The highest BCUT2D eigenvalue weighted by Crippen LogP contribution is 2.40. The van der Waals surface area contributed by atoms with Crippen molar-refractivity contribution < 1.29 is 24.3 Å². The summed E-state index contributed by atoms with van der Waals surface area (Å²) in [6.45, 7) is 0. The van der Waals surface area contributed by atoms with E-state index in [1.807, 2.05) is 0 Å². The van der Waals surface area contributed by atoms with Crippen LogP contribution in [0.2, 0.25) is 0 Å². The van der Waals surface area contributed by atoms with Crippen molar-refractivity contribution in [2.24, 2.45) is 0 Å². The van der Waals surface area contributed by atoms with Gasteiger partial charge in [0.1, 0.15) is 9.13 Å². The summed E-state index contributed by atoms with van der Waals surface area (Å²) in [5.74, 6) is -1.11. The van der Waals surface area contributed by atoms with E-state index in [2.05, 4.69) is 0 Å². The number of carboxylic acid groups (broad SMARTS) is 1. The third-order valence-corrected chi connectivity index (χ3v) is 3.00. The lowest BCUT2D eigenvalue weighted by atomic mass is 10.1. The summed E-state index contributed by atoms with van der Waals surface area (Å²) in [5, 5.41) is 19.8. The van der Waals surface area contributed by atoms with Gasteiger partial charge in [-0.3, -0.25) is 10.1 Å². The van der Waals surface area contributed by atoms with Gasteiger partial charge in [-0.05, 0) is 22.6 Å². The molecule has 0 aliphatic carbocycles. The summed E-state index contributed by atoms with van der Waals surface area (Å²) in [7, 11) is 2.65. The van der Waals surface area contributed by atoms with E-state index in [0.29, 0.717) is 0 Å². The fourth-order valence-corrected chi connectivity index (χ4v) is 2.26. The van der Waals surface area contributed by atoms with Crippen molar-refractivity contribution in [3.05, 3.63) is 25.3 Å². The molecule has 0 atom stereocenters. The smallest absolute Gasteiger partial charge is 0.342 e. The Labute approximate surface area is 110 Å². The number of halogens is 1. The fraction of sp³-hybridized carbons (Fsp3) is 0.222. The lowest BCUT2D eigenvalue weighted by Crippen LogP contribution is -2.07. The molecule has 17 heavy (non-hydrogen) atoms. The summed E-state index contributed by atoms with van der Waals surface area (Å²) in [6, 6.07) is 1.07. The highest BCUT2D eigenvalue weighted by atomic mass is 127. The Bertz CT molecular complexity index is 487. The third-order valence-electron chi connectivity index (χ3n) is 2.00. The zero-order chi connectivity index (χ0) is 13.2. The standard InChI is InChI=1S/C9H8INO6/c1-16-5-3-4(9(12)13)7(11(14)15)6(10)8(5)17-2/h3H,1-2H3,(H,12,13). The van der Waals surface area contributed by atoms with Gasteiger partial charge in [0, 0.05) is 6.07 Å². The van der Waals surface area contributed by atoms with Crippen molar-refractivity contribution in [2.75, 3.05) is 14.2 Å². The normalized spacial score (nSPS) is 9.82. The first-order chi connectivity index (χ1) is 7.93. The number of hydrogen-bond acceptors (Lipinski definition) is 5. The van der Waals surface area contributed by atoms with Gasteiger partial charge in [0.15, 0.2) is 11.5 Å². The zero-order valence-corrected chi connectivity index (χ0v) is 11.0. The van der Waals surface area contributed by atoms with Crippen molar-refractivity contribution in [3.8, 4) is 11.5 Å². The second kappa shape index (κ2) is 5.17. The first-order valence-electron chi connectivity index (χ1n) is 4.26. The van der Waals surface area contributed by atoms with Gasteiger partial charge in [-0.2, -0.15) is 0 Å². The van der Waals surface area contributed by atoms with E-state index in [1.54, 1.807) is 22.6 Å². The Morgan fingerprint density at radius 3 is 2.41 bits per heavy atom. The van der Waals surface area contributed by atoms with Crippen molar-refractivity contribution >= 4 is 34.2 Å². The van der Waals surface area contributed by atoms with Gasteiger partial charge < -0.3 is 14.6 Å². The highest BCUT2D eigenvalue weighted by Gasteiger charge is 2.29. The quantitative estimate of drug-likeness (QED) is 0.504. The molecule has 0 unspecified atom stereocenters. The van der Waals surface area contributed by atoms with Crippen molar-refractivity contribution in [1.82, 2.24) is 0 Å². The monoisotopic (exact) mass is 353 g/mol. The Balaban J connectivity index is 3.67. The molecule has 0 aliphatic heterocycles. The summed E-state index contributed by atoms with van der Waals surface area (Å²) < 4.78 is 9.98. The number of hydrogen-bond donors (Lipinski definition) is 1. The maximum Gasteiger partial charge on any atom is 0.342 e. The van der Waals surface area contributed by atoms with Crippen molar-refractivity contribution in [1.29, 1.82) is 0 Å². The predicted molar refractivity (Wildman–Crippen MR) is 65.9 cm³/mol. The van der Waals surface area contributed by atoms with Gasteiger partial charge in [0.05, 0.1) is 19.1 Å². The van der Waals surface area contributed by atoms with Gasteiger partial charge >= 0.3 is 11.7 Å². The molecule has 0 fully saturated rings. The molecule has 1 aromatic rings. The molecule has 0 bridgehead atoms. The Kier molecular flexibility index (Phi) is 4.10. The average molecular weight is 353 g/mol. The minimum Gasteiger partial charge on any atom is -0.493 e. The Morgan fingerprint density at radius 1 is 1.47 bits per heavy atom. The lowest BCUT2D eigenvalue weighted by Gasteiger charge is -2.11. The zero-order valence-electron chi connectivity index (χ0n) is 8.89. The molecule has 0 saturated carbocycles. The number of carbonyl (C=O) groups is 1. The van der Waals surface area contributed by atoms with Crippen molar-refractivity contribution in [2.45, 2.75) is 0 Å². The Morgan fingerprint density at radius 2 is 2.06 bits per heavy atom. The lowest BCUT2D eigenvalue weighted by molar-refractivity contribution is -0.386. The topological polar surface area (TPSA) is 98.9 Å². The van der Waals surface area contributed by atoms with E-state index >= 15 is 0 Å². The molecule has 0 radical (unpaired) electrons. The summed E-state index contributed by atoms with van der Waals surface area (Å²) in [5.41, 5.74) is -0.937. The SMILES string of the molecule is COc1cc(C(=O)O)c([N+](=O)[O-])c(I)c1OC. The Hall–Kier alpha value is -1.58. The van der Waals surface area contributed by atoms with Crippen LogP contribution in [-0.2, 0) is 0 Å². The minimum atomic E-state index is -1.39. The summed E-state index contributed by atoms with van der Waals surface area (Å²) >= 11 is 1.65. The molecule has 0 saturated heterocycles. The van der Waals surface area contributed by atoms with E-state index < -0.39 is 22.1 Å². The van der Waals surface area contributed by atoms with E-state index in [0.717, 1.165) is 6.07 Å². The molecule has 0 heterocycles.